The number of ether oxygens (including phenoxy) is 1. The second-order valence-electron chi connectivity index (χ2n) is 6.32. The van der Waals surface area contributed by atoms with Crippen molar-refractivity contribution >= 4 is 11.6 Å². The number of nitrogens with one attached hydrogen (secondary N) is 1. The molecule has 1 unspecified atom stereocenters. The smallest absolute Gasteiger partial charge is 0.311 e. The van der Waals surface area contributed by atoms with Crippen LogP contribution in [0.15, 0.2) is 48.5 Å². The second-order valence-corrected chi connectivity index (χ2v) is 6.32. The number of nitrogens with zero attached hydrogens (tertiary/aromatic N) is 1. The van der Waals surface area contributed by atoms with Gasteiger partial charge in [-0.1, -0.05) is 44.2 Å². The van der Waals surface area contributed by atoms with Gasteiger partial charge < -0.3 is 10.1 Å². The molecule has 0 heterocycles. The van der Waals surface area contributed by atoms with Crippen LogP contribution >= 0.6 is 0 Å². The summed E-state index contributed by atoms with van der Waals surface area (Å²) in [7, 11) is 0. The molecule has 0 aliphatic heterocycles. The van der Waals surface area contributed by atoms with Crippen LogP contribution in [0.25, 0.3) is 0 Å². The highest BCUT2D eigenvalue weighted by Crippen LogP contribution is 2.27. The van der Waals surface area contributed by atoms with E-state index in [9.17, 15) is 19.3 Å². The van der Waals surface area contributed by atoms with Crippen molar-refractivity contribution in [1.82, 2.24) is 5.32 Å². The third-order valence-electron chi connectivity index (χ3n) is 3.72. The molecule has 0 aromatic heterocycles. The Labute approximate surface area is 151 Å². The molecule has 0 saturated heterocycles. The van der Waals surface area contributed by atoms with Crippen molar-refractivity contribution in [3.05, 3.63) is 70.0 Å². The molecule has 1 amide bonds. The minimum Gasteiger partial charge on any atom is -0.477 e. The van der Waals surface area contributed by atoms with Gasteiger partial charge >= 0.3 is 5.69 Å². The Kier molecular flexibility index (Phi) is 6.66. The summed E-state index contributed by atoms with van der Waals surface area (Å²) < 4.78 is 18.5. The number of carbonyl (C=O) groups is 1. The van der Waals surface area contributed by atoms with Crippen molar-refractivity contribution in [3.8, 4) is 5.75 Å². The number of halogens is 1. The Hall–Kier alpha value is -2.96. The molecule has 0 spiro atoms. The number of amides is 1. The number of carbonyl (C=O) groups excluding carboxylic acids is 1. The highest BCUT2D eigenvalue weighted by atomic mass is 19.1. The predicted molar refractivity (Wildman–Crippen MR) is 95.3 cm³/mol. The van der Waals surface area contributed by atoms with Crippen molar-refractivity contribution in [1.29, 1.82) is 0 Å². The fourth-order valence-corrected chi connectivity index (χ4v) is 2.57. The molecular weight excluding hydrogens is 339 g/mol. The van der Waals surface area contributed by atoms with Gasteiger partial charge in [0.15, 0.2) is 6.61 Å². The van der Waals surface area contributed by atoms with Gasteiger partial charge in [-0.3, -0.25) is 14.9 Å². The number of benzene rings is 2. The first-order chi connectivity index (χ1) is 12.4. The molecule has 138 valence electrons. The third kappa shape index (κ3) is 5.54. The number of nitro groups is 1. The van der Waals surface area contributed by atoms with Crippen molar-refractivity contribution < 1.29 is 18.8 Å². The van der Waals surface area contributed by atoms with E-state index in [1.165, 1.54) is 0 Å². The van der Waals surface area contributed by atoms with Crippen LogP contribution < -0.4 is 10.1 Å². The van der Waals surface area contributed by atoms with E-state index in [4.69, 9.17) is 4.74 Å². The third-order valence-corrected chi connectivity index (χ3v) is 3.72. The molecule has 0 bridgehead atoms. The molecule has 2 rings (SSSR count). The van der Waals surface area contributed by atoms with Crippen molar-refractivity contribution in [2.75, 3.05) is 6.61 Å². The number of hydrogen-bond acceptors (Lipinski definition) is 4. The molecule has 26 heavy (non-hydrogen) atoms. The van der Waals surface area contributed by atoms with Gasteiger partial charge in [0.05, 0.1) is 11.0 Å². The Balaban J connectivity index is 2.05. The zero-order chi connectivity index (χ0) is 19.1. The molecule has 0 fully saturated rings. The zero-order valence-corrected chi connectivity index (χ0v) is 14.6. The largest absolute Gasteiger partial charge is 0.477 e. The van der Waals surface area contributed by atoms with E-state index >= 15 is 0 Å². The van der Waals surface area contributed by atoms with Gasteiger partial charge in [-0.25, -0.2) is 4.39 Å². The van der Waals surface area contributed by atoms with E-state index in [1.807, 2.05) is 30.3 Å². The standard InChI is InChI=1S/C19H21FN2O4/c1-13(2)10-16(14-6-4-3-5-7-14)21-19(23)12-26-18-11-15(20)8-9-17(18)22(24)25/h3-9,11,13,16H,10,12H2,1-2H3,(H,21,23). The molecule has 0 aliphatic rings. The molecule has 6 nitrogen and oxygen atoms in total. The molecule has 2 aromatic rings. The maximum absolute atomic E-state index is 13.3. The summed E-state index contributed by atoms with van der Waals surface area (Å²) in [4.78, 5) is 22.5. The second kappa shape index (κ2) is 8.94. The van der Waals surface area contributed by atoms with Gasteiger partial charge in [0.25, 0.3) is 5.91 Å². The Morgan fingerprint density at radius 1 is 1.23 bits per heavy atom. The fourth-order valence-electron chi connectivity index (χ4n) is 2.57. The minimum atomic E-state index is -0.682. The quantitative estimate of drug-likeness (QED) is 0.569. The molecule has 1 atom stereocenters. The van der Waals surface area contributed by atoms with Gasteiger partial charge in [0.1, 0.15) is 5.82 Å². The average molecular weight is 360 g/mol. The van der Waals surface area contributed by atoms with Crippen LogP contribution in [0.2, 0.25) is 0 Å². The van der Waals surface area contributed by atoms with Crippen LogP contribution in [0, 0.1) is 21.8 Å². The Bertz CT molecular complexity index is 765. The highest BCUT2D eigenvalue weighted by molar-refractivity contribution is 5.78. The maximum atomic E-state index is 13.3. The van der Waals surface area contributed by atoms with E-state index < -0.39 is 23.3 Å². The lowest BCUT2D eigenvalue weighted by atomic mass is 9.97. The molecule has 0 aliphatic carbocycles. The van der Waals surface area contributed by atoms with E-state index in [0.717, 1.165) is 30.2 Å². The molecule has 0 saturated carbocycles. The summed E-state index contributed by atoms with van der Waals surface area (Å²) >= 11 is 0. The van der Waals surface area contributed by atoms with E-state index in [1.54, 1.807) is 0 Å². The van der Waals surface area contributed by atoms with Crippen LogP contribution in [0.1, 0.15) is 31.9 Å². The van der Waals surface area contributed by atoms with Gasteiger partial charge in [0, 0.05) is 12.1 Å². The summed E-state index contributed by atoms with van der Waals surface area (Å²) in [5.41, 5.74) is 0.576. The fraction of sp³-hybridized carbons (Fsp3) is 0.316. The summed E-state index contributed by atoms with van der Waals surface area (Å²) in [6.45, 7) is 3.66. The number of rotatable bonds is 8. The topological polar surface area (TPSA) is 81.5 Å². The summed E-state index contributed by atoms with van der Waals surface area (Å²) in [5.74, 6) is -1.03. The van der Waals surface area contributed by atoms with Gasteiger partial charge in [-0.15, -0.1) is 0 Å². The first kappa shape index (κ1) is 19.4. The lowest BCUT2D eigenvalue weighted by Crippen LogP contribution is -2.33. The SMILES string of the molecule is CC(C)CC(NC(=O)COc1cc(F)ccc1[N+](=O)[O-])c1ccccc1. The lowest BCUT2D eigenvalue weighted by molar-refractivity contribution is -0.385. The summed E-state index contributed by atoms with van der Waals surface area (Å²) in [6, 6.07) is 12.2. The van der Waals surface area contributed by atoms with Crippen LogP contribution in [0.3, 0.4) is 0 Å². The zero-order valence-electron chi connectivity index (χ0n) is 14.6. The molecule has 2 aromatic carbocycles. The average Bonchev–Trinajstić information content (AvgIpc) is 2.59. The van der Waals surface area contributed by atoms with Crippen LogP contribution in [0.5, 0.6) is 5.75 Å². The molecule has 1 N–H and O–H groups in total. The molecule has 7 heteroatoms. The van der Waals surface area contributed by atoms with Crippen molar-refractivity contribution in [2.45, 2.75) is 26.3 Å². The monoisotopic (exact) mass is 360 g/mol. The van der Waals surface area contributed by atoms with Gasteiger partial charge in [-0.2, -0.15) is 0 Å². The number of hydrogen-bond donors (Lipinski definition) is 1. The van der Waals surface area contributed by atoms with Crippen molar-refractivity contribution in [3.63, 3.8) is 0 Å². The predicted octanol–water partition coefficient (Wildman–Crippen LogP) is 4.02. The highest BCUT2D eigenvalue weighted by Gasteiger charge is 2.19. The van der Waals surface area contributed by atoms with E-state index in [0.29, 0.717) is 5.92 Å². The normalized spacial score (nSPS) is 11.8. The van der Waals surface area contributed by atoms with E-state index in [-0.39, 0.29) is 17.5 Å². The van der Waals surface area contributed by atoms with Crippen LogP contribution in [0.4, 0.5) is 10.1 Å². The first-order valence-corrected chi connectivity index (χ1v) is 8.28. The Morgan fingerprint density at radius 2 is 1.92 bits per heavy atom. The lowest BCUT2D eigenvalue weighted by Gasteiger charge is -2.21. The van der Waals surface area contributed by atoms with Gasteiger partial charge in [-0.05, 0) is 24.0 Å². The van der Waals surface area contributed by atoms with E-state index in [2.05, 4.69) is 19.2 Å². The molecular formula is C19H21FN2O4. The minimum absolute atomic E-state index is 0.199. The summed E-state index contributed by atoms with van der Waals surface area (Å²) in [6.07, 6.45) is 0.732. The summed E-state index contributed by atoms with van der Waals surface area (Å²) in [5, 5.41) is 13.8. The molecule has 0 radical (unpaired) electrons. The van der Waals surface area contributed by atoms with Crippen molar-refractivity contribution in [2.24, 2.45) is 5.92 Å². The van der Waals surface area contributed by atoms with Gasteiger partial charge in [0.2, 0.25) is 5.75 Å². The Morgan fingerprint density at radius 3 is 2.54 bits per heavy atom. The first-order valence-electron chi connectivity index (χ1n) is 8.28. The van der Waals surface area contributed by atoms with Crippen LogP contribution in [-0.4, -0.2) is 17.4 Å². The maximum Gasteiger partial charge on any atom is 0.311 e. The van der Waals surface area contributed by atoms with Crippen LogP contribution in [-0.2, 0) is 4.79 Å². The number of nitro benzene ring substituents is 1.